The first-order valence-corrected chi connectivity index (χ1v) is 10.1. The van der Waals surface area contributed by atoms with Crippen molar-refractivity contribution >= 4 is 11.8 Å². The van der Waals surface area contributed by atoms with E-state index in [1.165, 1.54) is 12.3 Å². The third-order valence-corrected chi connectivity index (χ3v) is 6.06. The number of aryl methyl sites for hydroxylation is 1. The molecule has 8 heteroatoms. The summed E-state index contributed by atoms with van der Waals surface area (Å²) in [5, 5.41) is 13.1. The van der Waals surface area contributed by atoms with Gasteiger partial charge in [0.05, 0.1) is 6.04 Å². The number of nitrogens with one attached hydrogen (secondary N) is 1. The summed E-state index contributed by atoms with van der Waals surface area (Å²) in [5.41, 5.74) is -0.172. The fourth-order valence-electron chi connectivity index (χ4n) is 4.30. The molecule has 2 amide bonds. The first kappa shape index (κ1) is 20.1. The van der Waals surface area contributed by atoms with E-state index in [9.17, 15) is 23.9 Å². The quantitative estimate of drug-likeness (QED) is 0.809. The van der Waals surface area contributed by atoms with E-state index in [0.29, 0.717) is 12.1 Å². The first-order valence-electron chi connectivity index (χ1n) is 10.1. The number of amides is 2. The number of hydrogen-bond donors (Lipinski definition) is 2. The Labute approximate surface area is 173 Å². The number of nitrogens with zero attached hydrogens (tertiary/aromatic N) is 2. The van der Waals surface area contributed by atoms with Crippen LogP contribution in [0.15, 0.2) is 29.2 Å². The summed E-state index contributed by atoms with van der Waals surface area (Å²) < 4.78 is 15.6. The molecule has 0 aliphatic carbocycles. The molecule has 1 aromatic carbocycles. The van der Waals surface area contributed by atoms with Crippen LogP contribution in [0.25, 0.3) is 0 Å². The van der Waals surface area contributed by atoms with Gasteiger partial charge in [0.15, 0.2) is 11.4 Å². The molecule has 2 N–H and O–H groups in total. The second-order valence-electron chi connectivity index (χ2n) is 8.15. The molecule has 2 aliphatic heterocycles. The highest BCUT2D eigenvalue weighted by Gasteiger charge is 2.38. The van der Waals surface area contributed by atoms with Crippen molar-refractivity contribution < 1.29 is 19.1 Å². The number of carbonyl (C=O) groups excluding carboxylic acids is 2. The van der Waals surface area contributed by atoms with Crippen LogP contribution in [-0.4, -0.2) is 39.0 Å². The predicted octanol–water partition coefficient (Wildman–Crippen LogP) is 2.50. The molecule has 0 unspecified atom stereocenters. The number of carbonyl (C=O) groups is 2. The molecule has 2 bridgehead atoms. The zero-order chi connectivity index (χ0) is 21.6. The van der Waals surface area contributed by atoms with E-state index in [-0.39, 0.29) is 29.9 Å². The maximum absolute atomic E-state index is 14.0. The van der Waals surface area contributed by atoms with E-state index >= 15 is 0 Å². The fourth-order valence-corrected chi connectivity index (χ4v) is 4.30. The minimum absolute atomic E-state index is 0.0260. The van der Waals surface area contributed by atoms with Crippen LogP contribution < -0.4 is 10.7 Å². The average Bonchev–Trinajstić information content (AvgIpc) is 2.87. The van der Waals surface area contributed by atoms with Gasteiger partial charge < -0.3 is 19.9 Å². The first-order chi connectivity index (χ1) is 14.3. The molecule has 4 rings (SSSR count). The van der Waals surface area contributed by atoms with Crippen molar-refractivity contribution in [1.82, 2.24) is 14.8 Å². The molecule has 2 atom stereocenters. The van der Waals surface area contributed by atoms with E-state index in [0.717, 1.165) is 24.8 Å². The Morgan fingerprint density at radius 1 is 1.30 bits per heavy atom. The molecule has 30 heavy (non-hydrogen) atoms. The van der Waals surface area contributed by atoms with Crippen LogP contribution in [0, 0.1) is 12.7 Å². The van der Waals surface area contributed by atoms with E-state index < -0.39 is 28.8 Å². The third kappa shape index (κ3) is 3.36. The number of aromatic hydroxyl groups is 1. The zero-order valence-electron chi connectivity index (χ0n) is 16.9. The zero-order valence-corrected chi connectivity index (χ0v) is 16.9. The molecule has 1 aromatic heterocycles. The molecule has 0 saturated carbocycles. The lowest BCUT2D eigenvalue weighted by Gasteiger charge is -2.37. The number of aromatic nitrogens is 1. The second-order valence-corrected chi connectivity index (χ2v) is 8.15. The Kier molecular flexibility index (Phi) is 5.09. The van der Waals surface area contributed by atoms with Crippen molar-refractivity contribution in [1.29, 1.82) is 0 Å². The van der Waals surface area contributed by atoms with Gasteiger partial charge in [-0.3, -0.25) is 14.4 Å². The Morgan fingerprint density at radius 3 is 2.80 bits per heavy atom. The minimum atomic E-state index is -0.899. The van der Waals surface area contributed by atoms with Gasteiger partial charge >= 0.3 is 0 Å². The highest BCUT2D eigenvalue weighted by Crippen LogP contribution is 2.34. The normalized spacial score (nSPS) is 20.5. The van der Waals surface area contributed by atoms with Gasteiger partial charge in [0.2, 0.25) is 5.43 Å². The summed E-state index contributed by atoms with van der Waals surface area (Å²) in [5.74, 6) is -2.28. The lowest BCUT2D eigenvalue weighted by Crippen LogP contribution is -2.47. The van der Waals surface area contributed by atoms with Crippen molar-refractivity contribution in [2.75, 3.05) is 6.54 Å². The van der Waals surface area contributed by atoms with E-state index in [1.54, 1.807) is 28.5 Å². The van der Waals surface area contributed by atoms with Crippen LogP contribution in [0.1, 0.15) is 64.2 Å². The number of pyridine rings is 1. The summed E-state index contributed by atoms with van der Waals surface area (Å²) in [4.78, 5) is 39.9. The molecule has 0 spiro atoms. The summed E-state index contributed by atoms with van der Waals surface area (Å²) >= 11 is 0. The largest absolute Gasteiger partial charge is 0.503 e. The monoisotopic (exact) mass is 413 g/mol. The number of benzene rings is 1. The molecule has 3 heterocycles. The highest BCUT2D eigenvalue weighted by atomic mass is 19.1. The highest BCUT2D eigenvalue weighted by molar-refractivity contribution is 5.99. The van der Waals surface area contributed by atoms with E-state index in [1.807, 2.05) is 6.92 Å². The van der Waals surface area contributed by atoms with Gasteiger partial charge in [0, 0.05) is 30.9 Å². The van der Waals surface area contributed by atoms with Crippen LogP contribution >= 0.6 is 0 Å². The van der Waals surface area contributed by atoms with Crippen LogP contribution in [0.4, 0.5) is 4.39 Å². The van der Waals surface area contributed by atoms with Gasteiger partial charge in [0.25, 0.3) is 11.8 Å². The number of fused-ring (bicyclic) bond motifs is 4. The van der Waals surface area contributed by atoms with Crippen LogP contribution in [0.5, 0.6) is 5.75 Å². The van der Waals surface area contributed by atoms with Crippen LogP contribution in [0.2, 0.25) is 0 Å². The molecule has 7 nitrogen and oxygen atoms in total. The lowest BCUT2D eigenvalue weighted by atomic mass is 10.1. The molecule has 0 radical (unpaired) electrons. The van der Waals surface area contributed by atoms with Gasteiger partial charge in [-0.15, -0.1) is 0 Å². The SMILES string of the molecule is Cc1ccc(CNC(=O)c2cn3c(c(O)c2=O)C(=O)N2C[C@@H]3CCC[C@H]2C)c(F)c1. The molecule has 1 fully saturated rings. The maximum Gasteiger partial charge on any atom is 0.274 e. The molecule has 2 aliphatic rings. The molecular formula is C22H24FN3O4. The third-order valence-electron chi connectivity index (χ3n) is 6.06. The van der Waals surface area contributed by atoms with Crippen molar-refractivity contribution in [2.45, 2.75) is 51.7 Å². The fraction of sp³-hybridized carbons (Fsp3) is 0.409. The van der Waals surface area contributed by atoms with Crippen molar-refractivity contribution in [3.8, 4) is 5.75 Å². The minimum Gasteiger partial charge on any atom is -0.503 e. The number of hydrogen-bond acceptors (Lipinski definition) is 4. The van der Waals surface area contributed by atoms with Crippen LogP contribution in [-0.2, 0) is 6.54 Å². The standard InChI is InChI=1S/C22H24FN3O4/c1-12-6-7-14(17(23)8-12)9-24-21(29)16-11-26-15-5-3-4-13(2)25(10-15)22(30)18(26)20(28)19(16)27/h6-8,11,13,15,28H,3-5,9-10H2,1-2H3,(H,24,29)/t13-,15+/m1/s1. The van der Waals surface area contributed by atoms with Crippen LogP contribution in [0.3, 0.4) is 0 Å². The van der Waals surface area contributed by atoms with E-state index in [2.05, 4.69) is 5.32 Å². The summed E-state index contributed by atoms with van der Waals surface area (Å²) in [6.45, 7) is 4.10. The summed E-state index contributed by atoms with van der Waals surface area (Å²) in [6.07, 6.45) is 3.88. The molecule has 158 valence electrons. The average molecular weight is 413 g/mol. The van der Waals surface area contributed by atoms with Crippen molar-refractivity contribution in [3.05, 3.63) is 62.8 Å². The Bertz CT molecular complexity index is 1090. The van der Waals surface area contributed by atoms with Gasteiger partial charge in [-0.1, -0.05) is 12.1 Å². The Balaban J connectivity index is 1.66. The maximum atomic E-state index is 14.0. The van der Waals surface area contributed by atoms with E-state index in [4.69, 9.17) is 0 Å². The number of halogens is 1. The molecule has 2 aromatic rings. The van der Waals surface area contributed by atoms with Gasteiger partial charge in [-0.25, -0.2) is 4.39 Å². The molecular weight excluding hydrogens is 389 g/mol. The van der Waals surface area contributed by atoms with Crippen molar-refractivity contribution in [2.24, 2.45) is 0 Å². The Hall–Kier alpha value is -3.16. The predicted molar refractivity (Wildman–Crippen MR) is 108 cm³/mol. The van der Waals surface area contributed by atoms with Gasteiger partial charge in [-0.2, -0.15) is 0 Å². The number of rotatable bonds is 3. The summed E-state index contributed by atoms with van der Waals surface area (Å²) in [6, 6.07) is 4.58. The Morgan fingerprint density at radius 2 is 2.07 bits per heavy atom. The summed E-state index contributed by atoms with van der Waals surface area (Å²) in [7, 11) is 0. The topological polar surface area (TPSA) is 91.6 Å². The van der Waals surface area contributed by atoms with Crippen molar-refractivity contribution in [3.63, 3.8) is 0 Å². The van der Waals surface area contributed by atoms with Gasteiger partial charge in [0.1, 0.15) is 11.4 Å². The smallest absolute Gasteiger partial charge is 0.274 e. The second kappa shape index (κ2) is 7.59. The lowest BCUT2D eigenvalue weighted by molar-refractivity contribution is 0.0604. The molecule has 1 saturated heterocycles. The van der Waals surface area contributed by atoms with Gasteiger partial charge in [-0.05, 0) is 44.7 Å².